The Labute approximate surface area is 104 Å². The van der Waals surface area contributed by atoms with Crippen LogP contribution in [0.3, 0.4) is 0 Å². The number of halogens is 1. The summed E-state index contributed by atoms with van der Waals surface area (Å²) in [5, 5.41) is 0.508. The maximum atomic E-state index is 11.7. The Balaban J connectivity index is 2.56. The summed E-state index contributed by atoms with van der Waals surface area (Å²) in [4.78, 5) is 14.4. The van der Waals surface area contributed by atoms with Crippen molar-refractivity contribution in [3.8, 4) is 11.3 Å². The highest BCUT2D eigenvalue weighted by molar-refractivity contribution is 6.33. The standard InChI is InChI=1S/C13H13ClN2O/c1-8-2-4-9(5-3-8)12-11(14)6-10(7-15)13(17)16-12/h2-6H,7,15H2,1H3,(H,16,17). The van der Waals surface area contributed by atoms with E-state index in [0.29, 0.717) is 16.3 Å². The van der Waals surface area contributed by atoms with E-state index in [1.54, 1.807) is 6.07 Å². The van der Waals surface area contributed by atoms with E-state index in [-0.39, 0.29) is 12.1 Å². The number of H-pyrrole nitrogens is 1. The van der Waals surface area contributed by atoms with Gasteiger partial charge >= 0.3 is 0 Å². The third kappa shape index (κ3) is 2.40. The minimum Gasteiger partial charge on any atom is -0.326 e. The molecule has 0 aliphatic rings. The maximum Gasteiger partial charge on any atom is 0.252 e. The molecule has 1 heterocycles. The number of benzene rings is 1. The largest absolute Gasteiger partial charge is 0.326 e. The van der Waals surface area contributed by atoms with Gasteiger partial charge in [0.25, 0.3) is 5.56 Å². The third-order valence-electron chi connectivity index (χ3n) is 2.63. The summed E-state index contributed by atoms with van der Waals surface area (Å²) >= 11 is 6.13. The minimum atomic E-state index is -0.188. The van der Waals surface area contributed by atoms with Crippen LogP contribution >= 0.6 is 11.6 Å². The van der Waals surface area contributed by atoms with Crippen LogP contribution in [0.5, 0.6) is 0 Å². The molecular weight excluding hydrogens is 236 g/mol. The first-order valence-corrected chi connectivity index (χ1v) is 5.68. The van der Waals surface area contributed by atoms with Gasteiger partial charge in [-0.1, -0.05) is 41.4 Å². The molecule has 0 amide bonds. The van der Waals surface area contributed by atoms with Gasteiger partial charge in [0.05, 0.1) is 10.7 Å². The lowest BCUT2D eigenvalue weighted by Gasteiger charge is -2.06. The van der Waals surface area contributed by atoms with E-state index in [1.807, 2.05) is 31.2 Å². The fourth-order valence-electron chi connectivity index (χ4n) is 1.63. The van der Waals surface area contributed by atoms with Crippen LogP contribution in [0, 0.1) is 6.92 Å². The van der Waals surface area contributed by atoms with Crippen LogP contribution in [0.4, 0.5) is 0 Å². The molecule has 0 saturated carbocycles. The predicted octanol–water partition coefficient (Wildman–Crippen LogP) is 2.46. The highest BCUT2D eigenvalue weighted by Crippen LogP contribution is 2.25. The molecule has 1 aromatic heterocycles. The zero-order valence-corrected chi connectivity index (χ0v) is 10.2. The molecule has 0 spiro atoms. The van der Waals surface area contributed by atoms with Crippen molar-refractivity contribution in [1.29, 1.82) is 0 Å². The lowest BCUT2D eigenvalue weighted by atomic mass is 10.1. The van der Waals surface area contributed by atoms with Crippen molar-refractivity contribution in [2.75, 3.05) is 0 Å². The topological polar surface area (TPSA) is 58.9 Å². The zero-order valence-electron chi connectivity index (χ0n) is 9.46. The van der Waals surface area contributed by atoms with Crippen LogP contribution in [0.1, 0.15) is 11.1 Å². The molecule has 0 aliphatic carbocycles. The van der Waals surface area contributed by atoms with Crippen molar-refractivity contribution in [1.82, 2.24) is 4.98 Å². The van der Waals surface area contributed by atoms with Crippen LogP contribution < -0.4 is 11.3 Å². The molecule has 0 saturated heterocycles. The van der Waals surface area contributed by atoms with Gasteiger partial charge in [-0.25, -0.2) is 0 Å². The summed E-state index contributed by atoms with van der Waals surface area (Å²) in [5.74, 6) is 0. The Kier molecular flexibility index (Phi) is 3.31. The molecule has 0 unspecified atom stereocenters. The number of aromatic nitrogens is 1. The highest BCUT2D eigenvalue weighted by atomic mass is 35.5. The van der Waals surface area contributed by atoms with Gasteiger partial charge in [-0.3, -0.25) is 4.79 Å². The van der Waals surface area contributed by atoms with E-state index >= 15 is 0 Å². The normalized spacial score (nSPS) is 10.5. The predicted molar refractivity (Wildman–Crippen MR) is 70.1 cm³/mol. The second-order valence-electron chi connectivity index (χ2n) is 3.92. The number of hydrogen-bond donors (Lipinski definition) is 2. The summed E-state index contributed by atoms with van der Waals surface area (Å²) in [6.07, 6.45) is 0. The van der Waals surface area contributed by atoms with Gasteiger partial charge in [-0.15, -0.1) is 0 Å². The molecule has 3 nitrogen and oxygen atoms in total. The molecular formula is C13H13ClN2O. The van der Waals surface area contributed by atoms with Crippen LogP contribution in [0.15, 0.2) is 35.1 Å². The second-order valence-corrected chi connectivity index (χ2v) is 4.32. The van der Waals surface area contributed by atoms with Gasteiger partial charge in [0.1, 0.15) is 0 Å². The minimum absolute atomic E-state index is 0.184. The third-order valence-corrected chi connectivity index (χ3v) is 2.93. The summed E-state index contributed by atoms with van der Waals surface area (Å²) in [5.41, 5.74) is 8.43. The SMILES string of the molecule is Cc1ccc(-c2[nH]c(=O)c(CN)cc2Cl)cc1. The van der Waals surface area contributed by atoms with Crippen molar-refractivity contribution >= 4 is 11.6 Å². The monoisotopic (exact) mass is 248 g/mol. The number of rotatable bonds is 2. The van der Waals surface area contributed by atoms with Crippen LogP contribution in [-0.2, 0) is 6.54 Å². The molecule has 0 fully saturated rings. The molecule has 3 N–H and O–H groups in total. The van der Waals surface area contributed by atoms with Crippen molar-refractivity contribution in [2.24, 2.45) is 5.73 Å². The number of hydrogen-bond acceptors (Lipinski definition) is 2. The van der Waals surface area contributed by atoms with E-state index in [9.17, 15) is 4.79 Å². The number of aryl methyl sites for hydroxylation is 1. The average molecular weight is 249 g/mol. The zero-order chi connectivity index (χ0) is 12.4. The van der Waals surface area contributed by atoms with Gasteiger partial charge in [0.2, 0.25) is 0 Å². The quantitative estimate of drug-likeness (QED) is 0.858. The first-order valence-electron chi connectivity index (χ1n) is 5.30. The van der Waals surface area contributed by atoms with E-state index < -0.39 is 0 Å². The Morgan fingerprint density at radius 1 is 1.29 bits per heavy atom. The summed E-state index contributed by atoms with van der Waals surface area (Å²) in [7, 11) is 0. The van der Waals surface area contributed by atoms with Gasteiger partial charge in [0.15, 0.2) is 0 Å². The lowest BCUT2D eigenvalue weighted by Crippen LogP contribution is -2.16. The van der Waals surface area contributed by atoms with Gasteiger partial charge in [-0.2, -0.15) is 0 Å². The van der Waals surface area contributed by atoms with Gasteiger partial charge in [-0.05, 0) is 18.6 Å². The molecule has 0 atom stereocenters. The Morgan fingerprint density at radius 2 is 1.94 bits per heavy atom. The summed E-state index contributed by atoms with van der Waals surface area (Å²) in [6.45, 7) is 2.19. The van der Waals surface area contributed by atoms with Gasteiger partial charge in [0, 0.05) is 12.1 Å². The molecule has 2 aromatic rings. The van der Waals surface area contributed by atoms with E-state index in [0.717, 1.165) is 11.1 Å². The van der Waals surface area contributed by atoms with Crippen molar-refractivity contribution in [3.05, 3.63) is 56.8 Å². The fourth-order valence-corrected chi connectivity index (χ4v) is 1.91. The Bertz CT molecular complexity index is 587. The summed E-state index contributed by atoms with van der Waals surface area (Å²) in [6, 6.07) is 9.42. The molecule has 4 heteroatoms. The molecule has 88 valence electrons. The molecule has 0 radical (unpaired) electrons. The highest BCUT2D eigenvalue weighted by Gasteiger charge is 2.07. The molecule has 2 rings (SSSR count). The smallest absolute Gasteiger partial charge is 0.252 e. The summed E-state index contributed by atoms with van der Waals surface area (Å²) < 4.78 is 0. The van der Waals surface area contributed by atoms with Crippen molar-refractivity contribution in [3.63, 3.8) is 0 Å². The molecule has 0 aliphatic heterocycles. The van der Waals surface area contributed by atoms with Crippen LogP contribution in [0.2, 0.25) is 5.02 Å². The fraction of sp³-hybridized carbons (Fsp3) is 0.154. The van der Waals surface area contributed by atoms with E-state index in [1.165, 1.54) is 0 Å². The van der Waals surface area contributed by atoms with Crippen LogP contribution in [-0.4, -0.2) is 4.98 Å². The number of nitrogens with one attached hydrogen (secondary N) is 1. The molecule has 17 heavy (non-hydrogen) atoms. The Hall–Kier alpha value is -1.58. The van der Waals surface area contributed by atoms with Gasteiger partial charge < -0.3 is 10.7 Å². The van der Waals surface area contributed by atoms with Crippen molar-refractivity contribution < 1.29 is 0 Å². The number of nitrogens with two attached hydrogens (primary N) is 1. The van der Waals surface area contributed by atoms with Crippen molar-refractivity contribution in [2.45, 2.75) is 13.5 Å². The lowest BCUT2D eigenvalue weighted by molar-refractivity contribution is 1.02. The van der Waals surface area contributed by atoms with Crippen LogP contribution in [0.25, 0.3) is 11.3 Å². The van der Waals surface area contributed by atoms with E-state index in [4.69, 9.17) is 17.3 Å². The maximum absolute atomic E-state index is 11.7. The Morgan fingerprint density at radius 3 is 2.53 bits per heavy atom. The first-order chi connectivity index (χ1) is 8.11. The first kappa shape index (κ1) is 11.9. The average Bonchev–Trinajstić information content (AvgIpc) is 2.33. The molecule has 0 bridgehead atoms. The number of aromatic amines is 1. The second kappa shape index (κ2) is 4.73. The number of pyridine rings is 1. The van der Waals surface area contributed by atoms with E-state index in [2.05, 4.69) is 4.98 Å². The molecule has 1 aromatic carbocycles.